The number of allylic oxidation sites excluding steroid dienone is 1. The Morgan fingerprint density at radius 3 is 1.57 bits per heavy atom. The van der Waals surface area contributed by atoms with E-state index in [1.165, 1.54) is 0 Å². The summed E-state index contributed by atoms with van der Waals surface area (Å²) in [5, 5.41) is 2.87. The van der Waals surface area contributed by atoms with E-state index in [1.807, 2.05) is 106 Å². The molecule has 0 saturated carbocycles. The maximum atomic E-state index is 14.3. The van der Waals surface area contributed by atoms with Crippen LogP contribution in [0.3, 0.4) is 0 Å². The molecule has 216 valence electrons. The molecule has 0 radical (unpaired) electrons. The average Bonchev–Trinajstić information content (AvgIpc) is 2.96. The van der Waals surface area contributed by atoms with Gasteiger partial charge in [-0.25, -0.2) is 4.79 Å². The lowest BCUT2D eigenvalue weighted by molar-refractivity contribution is -0.120. The van der Waals surface area contributed by atoms with E-state index in [2.05, 4.69) is 46.6 Å². The number of nitrogens with one attached hydrogen (secondary N) is 1. The van der Waals surface area contributed by atoms with Gasteiger partial charge in [0.25, 0.3) is 0 Å². The van der Waals surface area contributed by atoms with Gasteiger partial charge in [-0.3, -0.25) is 15.0 Å². The van der Waals surface area contributed by atoms with Crippen LogP contribution in [-0.2, 0) is 35.5 Å². The summed E-state index contributed by atoms with van der Waals surface area (Å²) >= 11 is 0. The van der Waals surface area contributed by atoms with Gasteiger partial charge in [0.05, 0.1) is 6.04 Å². The second kappa shape index (κ2) is 14.9. The number of rotatable bonds is 12. The molecule has 4 aromatic carbocycles. The summed E-state index contributed by atoms with van der Waals surface area (Å²) in [5.41, 5.74) is 4.14. The van der Waals surface area contributed by atoms with Gasteiger partial charge in [0.2, 0.25) is 0 Å². The number of carbonyl (C=O) groups excluding carboxylic acids is 2. The quantitative estimate of drug-likeness (QED) is 0.182. The Balaban J connectivity index is 1.71. The van der Waals surface area contributed by atoms with Crippen LogP contribution in [0.25, 0.3) is 0 Å². The van der Waals surface area contributed by atoms with Gasteiger partial charge in [-0.2, -0.15) is 0 Å². The SMILES string of the molecule is CC(C)(C)OC(=O)NC(=CC(=O)[C@H](Cc1ccccc1)N(Cc1ccccc1)Cc1ccccc1)Cc1ccccc1. The van der Waals surface area contributed by atoms with Gasteiger partial charge in [0, 0.05) is 31.3 Å². The highest BCUT2D eigenvalue weighted by molar-refractivity contribution is 5.95. The second-order valence-electron chi connectivity index (χ2n) is 11.4. The molecular weight excluding hydrogens is 520 g/mol. The van der Waals surface area contributed by atoms with E-state index in [4.69, 9.17) is 4.74 Å². The van der Waals surface area contributed by atoms with Crippen molar-refractivity contribution in [2.24, 2.45) is 0 Å². The summed E-state index contributed by atoms with van der Waals surface area (Å²) in [6, 6.07) is 39.8. The molecule has 1 amide bonds. The van der Waals surface area contributed by atoms with Crippen LogP contribution in [0.15, 0.2) is 133 Å². The van der Waals surface area contributed by atoms with E-state index in [9.17, 15) is 9.59 Å². The smallest absolute Gasteiger partial charge is 0.411 e. The van der Waals surface area contributed by atoms with Crippen molar-refractivity contribution in [2.45, 2.75) is 58.3 Å². The zero-order valence-electron chi connectivity index (χ0n) is 24.7. The Morgan fingerprint density at radius 1 is 0.690 bits per heavy atom. The molecule has 0 fully saturated rings. The Kier molecular flexibility index (Phi) is 10.8. The minimum absolute atomic E-state index is 0.0762. The molecule has 0 aliphatic carbocycles. The highest BCUT2D eigenvalue weighted by Gasteiger charge is 2.27. The van der Waals surface area contributed by atoms with Crippen molar-refractivity contribution in [3.63, 3.8) is 0 Å². The normalized spacial score (nSPS) is 12.5. The molecule has 42 heavy (non-hydrogen) atoms. The van der Waals surface area contributed by atoms with E-state index in [1.54, 1.807) is 6.08 Å². The summed E-state index contributed by atoms with van der Waals surface area (Å²) < 4.78 is 5.54. The first-order valence-corrected chi connectivity index (χ1v) is 14.4. The first kappa shape index (κ1) is 30.5. The highest BCUT2D eigenvalue weighted by Crippen LogP contribution is 2.20. The molecule has 0 bridgehead atoms. The molecule has 0 aliphatic rings. The first-order chi connectivity index (χ1) is 20.2. The van der Waals surface area contributed by atoms with Crippen molar-refractivity contribution >= 4 is 11.9 Å². The number of carbonyl (C=O) groups is 2. The van der Waals surface area contributed by atoms with Gasteiger partial charge in [-0.15, -0.1) is 0 Å². The van der Waals surface area contributed by atoms with Crippen LogP contribution < -0.4 is 5.32 Å². The van der Waals surface area contributed by atoms with E-state index in [-0.39, 0.29) is 5.78 Å². The lowest BCUT2D eigenvalue weighted by atomic mass is 9.97. The zero-order chi connectivity index (χ0) is 29.8. The summed E-state index contributed by atoms with van der Waals surface area (Å²) in [7, 11) is 0. The molecule has 0 unspecified atom stereocenters. The van der Waals surface area contributed by atoms with Gasteiger partial charge in [-0.1, -0.05) is 121 Å². The van der Waals surface area contributed by atoms with Crippen molar-refractivity contribution in [1.29, 1.82) is 0 Å². The molecule has 0 aromatic heterocycles. The first-order valence-electron chi connectivity index (χ1n) is 14.4. The molecule has 5 heteroatoms. The van der Waals surface area contributed by atoms with Crippen molar-refractivity contribution in [3.8, 4) is 0 Å². The number of alkyl carbamates (subject to hydrolysis) is 1. The van der Waals surface area contributed by atoms with Crippen LogP contribution >= 0.6 is 0 Å². The molecule has 1 N–H and O–H groups in total. The number of hydrogen-bond donors (Lipinski definition) is 1. The number of benzene rings is 4. The fourth-order valence-electron chi connectivity index (χ4n) is 4.81. The Labute approximate surface area is 249 Å². The summed E-state index contributed by atoms with van der Waals surface area (Å²) in [6.07, 6.45) is 1.93. The minimum Gasteiger partial charge on any atom is -0.444 e. The second-order valence-corrected chi connectivity index (χ2v) is 11.4. The van der Waals surface area contributed by atoms with Gasteiger partial charge < -0.3 is 4.74 Å². The fraction of sp³-hybridized carbons (Fsp3) is 0.243. The van der Waals surface area contributed by atoms with Gasteiger partial charge in [-0.05, 0) is 49.4 Å². The van der Waals surface area contributed by atoms with Crippen molar-refractivity contribution in [3.05, 3.63) is 155 Å². The molecule has 1 atom stereocenters. The molecule has 0 saturated heterocycles. The van der Waals surface area contributed by atoms with E-state index < -0.39 is 17.7 Å². The number of ether oxygens (including phenoxy) is 1. The molecular formula is C37H40N2O3. The van der Waals surface area contributed by atoms with Crippen LogP contribution in [0.2, 0.25) is 0 Å². The Morgan fingerprint density at radius 2 is 1.12 bits per heavy atom. The predicted molar refractivity (Wildman–Crippen MR) is 169 cm³/mol. The highest BCUT2D eigenvalue weighted by atomic mass is 16.6. The van der Waals surface area contributed by atoms with Crippen LogP contribution in [0.1, 0.15) is 43.0 Å². The topological polar surface area (TPSA) is 58.6 Å². The van der Waals surface area contributed by atoms with Crippen molar-refractivity contribution in [1.82, 2.24) is 10.2 Å². The lowest BCUT2D eigenvalue weighted by Crippen LogP contribution is -2.42. The van der Waals surface area contributed by atoms with E-state index >= 15 is 0 Å². The Bertz CT molecular complexity index is 1390. The molecule has 5 nitrogen and oxygen atoms in total. The van der Waals surface area contributed by atoms with Gasteiger partial charge >= 0.3 is 6.09 Å². The number of nitrogens with zero attached hydrogens (tertiary/aromatic N) is 1. The van der Waals surface area contributed by atoms with E-state index in [0.29, 0.717) is 31.6 Å². The monoisotopic (exact) mass is 560 g/mol. The maximum absolute atomic E-state index is 14.3. The largest absolute Gasteiger partial charge is 0.444 e. The number of hydrogen-bond acceptors (Lipinski definition) is 4. The van der Waals surface area contributed by atoms with Crippen molar-refractivity contribution < 1.29 is 14.3 Å². The van der Waals surface area contributed by atoms with Gasteiger partial charge in [0.1, 0.15) is 5.60 Å². The fourth-order valence-corrected chi connectivity index (χ4v) is 4.81. The van der Waals surface area contributed by atoms with Crippen LogP contribution in [0.5, 0.6) is 0 Å². The zero-order valence-corrected chi connectivity index (χ0v) is 24.7. The Hall–Kier alpha value is -4.48. The third-order valence-corrected chi connectivity index (χ3v) is 6.71. The molecule has 0 spiro atoms. The summed E-state index contributed by atoms with van der Waals surface area (Å²) in [5.74, 6) is -0.0762. The van der Waals surface area contributed by atoms with Crippen LogP contribution in [-0.4, -0.2) is 28.4 Å². The third kappa shape index (κ3) is 10.2. The molecule has 4 aromatic rings. The summed E-state index contributed by atoms with van der Waals surface area (Å²) in [6.45, 7) is 6.65. The number of amides is 1. The van der Waals surface area contributed by atoms with Crippen molar-refractivity contribution in [2.75, 3.05) is 0 Å². The van der Waals surface area contributed by atoms with Crippen LogP contribution in [0.4, 0.5) is 4.79 Å². The average molecular weight is 561 g/mol. The lowest BCUT2D eigenvalue weighted by Gasteiger charge is -2.31. The van der Waals surface area contributed by atoms with Crippen LogP contribution in [0, 0.1) is 0 Å². The number of ketones is 1. The third-order valence-electron chi connectivity index (χ3n) is 6.71. The summed E-state index contributed by atoms with van der Waals surface area (Å²) in [4.78, 5) is 29.4. The predicted octanol–water partition coefficient (Wildman–Crippen LogP) is 7.52. The molecule has 4 rings (SSSR count). The molecule has 0 aliphatic heterocycles. The minimum atomic E-state index is -0.663. The van der Waals surface area contributed by atoms with E-state index in [0.717, 1.165) is 22.3 Å². The standard InChI is InChI=1S/C37H40N2O3/c1-37(2,3)42-36(41)38-33(24-29-16-8-4-9-17-29)26-35(40)34(25-30-18-10-5-11-19-30)39(27-31-20-12-6-13-21-31)28-32-22-14-7-15-23-32/h4-23,26,34H,24-25,27-28H2,1-3H3,(H,38,41)/t34-/m0/s1. The molecule has 0 heterocycles. The maximum Gasteiger partial charge on any atom is 0.411 e. The van der Waals surface area contributed by atoms with Gasteiger partial charge in [0.15, 0.2) is 5.78 Å².